The van der Waals surface area contributed by atoms with Crippen molar-refractivity contribution in [3.63, 3.8) is 0 Å². The summed E-state index contributed by atoms with van der Waals surface area (Å²) in [5.74, 6) is -0.348. The van der Waals surface area contributed by atoms with Crippen LogP contribution in [0.5, 0.6) is 0 Å². The van der Waals surface area contributed by atoms with Gasteiger partial charge in [0.2, 0.25) is 0 Å². The van der Waals surface area contributed by atoms with Gasteiger partial charge in [-0.05, 0) is 12.1 Å². The number of amides is 1. The van der Waals surface area contributed by atoms with Gasteiger partial charge in [-0.3, -0.25) is 9.48 Å². The van der Waals surface area contributed by atoms with E-state index < -0.39 is 28.5 Å². The minimum Gasteiger partial charge on any atom is -0.467 e. The predicted molar refractivity (Wildman–Crippen MR) is 63.1 cm³/mol. The summed E-state index contributed by atoms with van der Waals surface area (Å²) in [4.78, 5) is 11.8. The molecule has 0 saturated carbocycles. The van der Waals surface area contributed by atoms with Gasteiger partial charge < -0.3 is 9.73 Å². The van der Waals surface area contributed by atoms with Gasteiger partial charge in [0.15, 0.2) is 11.4 Å². The molecule has 2 aromatic heterocycles. The third-order valence-electron chi connectivity index (χ3n) is 2.48. The first-order chi connectivity index (χ1) is 9.30. The average Bonchev–Trinajstić information content (AvgIpc) is 2.93. The van der Waals surface area contributed by atoms with Crippen LogP contribution < -0.4 is 5.32 Å². The minimum atomic E-state index is -4.68. The van der Waals surface area contributed by atoms with E-state index in [2.05, 4.69) is 10.4 Å². The molecule has 9 heteroatoms. The average molecular weight is 308 g/mol. The first kappa shape index (κ1) is 14.4. The number of nitrogens with zero attached hydrogens (tertiary/aromatic N) is 2. The highest BCUT2D eigenvalue weighted by Gasteiger charge is 2.39. The van der Waals surface area contributed by atoms with Gasteiger partial charge in [-0.25, -0.2) is 0 Å². The second kappa shape index (κ2) is 5.20. The number of nitrogens with one attached hydrogen (secondary N) is 1. The number of alkyl halides is 3. The normalized spacial score (nSPS) is 11.7. The van der Waals surface area contributed by atoms with Gasteiger partial charge in [-0.2, -0.15) is 18.3 Å². The van der Waals surface area contributed by atoms with Crippen LogP contribution in [0.3, 0.4) is 0 Å². The fraction of sp³-hybridized carbons (Fsp3) is 0.273. The lowest BCUT2D eigenvalue weighted by Crippen LogP contribution is -2.23. The lowest BCUT2D eigenvalue weighted by molar-refractivity contribution is -0.143. The van der Waals surface area contributed by atoms with E-state index in [1.165, 1.54) is 6.26 Å². The van der Waals surface area contributed by atoms with E-state index in [1.54, 1.807) is 12.1 Å². The van der Waals surface area contributed by atoms with Crippen LogP contribution in [-0.2, 0) is 19.8 Å². The van der Waals surface area contributed by atoms with Crippen molar-refractivity contribution in [2.24, 2.45) is 7.05 Å². The number of furan rings is 1. The summed E-state index contributed by atoms with van der Waals surface area (Å²) in [7, 11) is 1.07. The Morgan fingerprint density at radius 1 is 1.55 bits per heavy atom. The fourth-order valence-corrected chi connectivity index (χ4v) is 1.97. The quantitative estimate of drug-likeness (QED) is 0.948. The zero-order valence-electron chi connectivity index (χ0n) is 10.2. The molecule has 0 saturated heterocycles. The van der Waals surface area contributed by atoms with Crippen LogP contribution >= 0.6 is 11.6 Å². The molecule has 0 radical (unpaired) electrons. The summed E-state index contributed by atoms with van der Waals surface area (Å²) in [5, 5.41) is 5.15. The molecule has 0 fully saturated rings. The van der Waals surface area contributed by atoms with Gasteiger partial charge in [0, 0.05) is 7.05 Å². The minimum absolute atomic E-state index is 0.0279. The van der Waals surface area contributed by atoms with Crippen molar-refractivity contribution in [3.05, 3.63) is 40.6 Å². The Balaban J connectivity index is 2.19. The van der Waals surface area contributed by atoms with E-state index in [1.807, 2.05) is 0 Å². The maximum Gasteiger partial charge on any atom is 0.434 e. The number of carbonyl (C=O) groups is 1. The number of hydrogen-bond donors (Lipinski definition) is 1. The van der Waals surface area contributed by atoms with Gasteiger partial charge in [0.1, 0.15) is 10.8 Å². The van der Waals surface area contributed by atoms with Gasteiger partial charge in [-0.1, -0.05) is 11.6 Å². The molecule has 1 N–H and O–H groups in total. The molecule has 5 nitrogen and oxygen atoms in total. The second-order valence-corrected chi connectivity index (χ2v) is 4.27. The standard InChI is InChI=1S/C11H9ClF3N3O2/c1-18-9(11(13,14)15)7(12)8(17-18)10(19)16-5-6-3-2-4-20-6/h2-4H,5H2,1H3,(H,16,19). The number of aromatic nitrogens is 2. The maximum atomic E-state index is 12.7. The molecule has 0 spiro atoms. The Morgan fingerprint density at radius 2 is 2.25 bits per heavy atom. The molecule has 0 aliphatic heterocycles. The molecule has 20 heavy (non-hydrogen) atoms. The summed E-state index contributed by atoms with van der Waals surface area (Å²) < 4.78 is 43.6. The Hall–Kier alpha value is -1.96. The van der Waals surface area contributed by atoms with Gasteiger partial charge in [-0.15, -0.1) is 0 Å². The summed E-state index contributed by atoms with van der Waals surface area (Å²) in [5.41, 5.74) is -1.64. The number of hydrogen-bond acceptors (Lipinski definition) is 3. The highest BCUT2D eigenvalue weighted by molar-refractivity contribution is 6.34. The molecule has 1 amide bonds. The van der Waals surface area contributed by atoms with Crippen LogP contribution in [0.2, 0.25) is 5.02 Å². The van der Waals surface area contributed by atoms with E-state index >= 15 is 0 Å². The van der Waals surface area contributed by atoms with Crippen molar-refractivity contribution in [2.75, 3.05) is 0 Å². The van der Waals surface area contributed by atoms with E-state index in [0.717, 1.165) is 7.05 Å². The van der Waals surface area contributed by atoms with Crippen molar-refractivity contribution in [1.82, 2.24) is 15.1 Å². The van der Waals surface area contributed by atoms with Crippen LogP contribution in [-0.4, -0.2) is 15.7 Å². The van der Waals surface area contributed by atoms with Crippen molar-refractivity contribution in [2.45, 2.75) is 12.7 Å². The molecule has 0 aliphatic rings. The number of halogens is 4. The summed E-state index contributed by atoms with van der Waals surface area (Å²) in [6, 6.07) is 3.23. The maximum absolute atomic E-state index is 12.7. The largest absolute Gasteiger partial charge is 0.467 e. The predicted octanol–water partition coefficient (Wildman–Crippen LogP) is 2.62. The molecule has 2 aromatic rings. The molecule has 0 bridgehead atoms. The third-order valence-corrected chi connectivity index (χ3v) is 2.83. The van der Waals surface area contributed by atoms with Crippen molar-refractivity contribution >= 4 is 17.5 Å². The number of rotatable bonds is 3. The molecule has 2 rings (SSSR count). The third kappa shape index (κ3) is 2.79. The van der Waals surface area contributed by atoms with Crippen molar-refractivity contribution < 1.29 is 22.4 Å². The van der Waals surface area contributed by atoms with Gasteiger partial charge in [0.25, 0.3) is 5.91 Å². The zero-order valence-corrected chi connectivity index (χ0v) is 10.9. The lowest BCUT2D eigenvalue weighted by atomic mass is 10.3. The van der Waals surface area contributed by atoms with E-state index in [4.69, 9.17) is 16.0 Å². The molecule has 108 valence electrons. The molecule has 2 heterocycles. The van der Waals surface area contributed by atoms with Crippen molar-refractivity contribution in [1.29, 1.82) is 0 Å². The Labute approximate surface area is 116 Å². The first-order valence-electron chi connectivity index (χ1n) is 5.41. The van der Waals surface area contributed by atoms with Crippen LogP contribution in [0, 0.1) is 0 Å². The highest BCUT2D eigenvalue weighted by Crippen LogP contribution is 2.35. The molecule has 0 aliphatic carbocycles. The smallest absolute Gasteiger partial charge is 0.434 e. The van der Waals surface area contributed by atoms with Gasteiger partial charge >= 0.3 is 6.18 Å². The summed E-state index contributed by atoms with van der Waals surface area (Å²) in [6.07, 6.45) is -3.27. The molecule has 0 aromatic carbocycles. The Bertz CT molecular complexity index is 620. The van der Waals surface area contributed by atoms with E-state index in [0.29, 0.717) is 10.4 Å². The van der Waals surface area contributed by atoms with Crippen LogP contribution in [0.25, 0.3) is 0 Å². The van der Waals surface area contributed by atoms with E-state index in [-0.39, 0.29) is 6.54 Å². The monoisotopic (exact) mass is 307 g/mol. The van der Waals surface area contributed by atoms with Crippen LogP contribution in [0.15, 0.2) is 22.8 Å². The van der Waals surface area contributed by atoms with E-state index in [9.17, 15) is 18.0 Å². The Kier molecular flexibility index (Phi) is 3.76. The Morgan fingerprint density at radius 3 is 2.75 bits per heavy atom. The lowest BCUT2D eigenvalue weighted by Gasteiger charge is -2.06. The number of aryl methyl sites for hydroxylation is 1. The summed E-state index contributed by atoms with van der Waals surface area (Å²) in [6.45, 7) is 0.0279. The first-order valence-corrected chi connectivity index (χ1v) is 5.78. The summed E-state index contributed by atoms with van der Waals surface area (Å²) >= 11 is 5.58. The number of carbonyl (C=O) groups excluding carboxylic acids is 1. The zero-order chi connectivity index (χ0) is 14.9. The van der Waals surface area contributed by atoms with Crippen molar-refractivity contribution in [3.8, 4) is 0 Å². The molecule has 0 atom stereocenters. The van der Waals surface area contributed by atoms with Gasteiger partial charge in [0.05, 0.1) is 12.8 Å². The molecular weight excluding hydrogens is 299 g/mol. The fourth-order valence-electron chi connectivity index (χ4n) is 1.62. The second-order valence-electron chi connectivity index (χ2n) is 3.89. The van der Waals surface area contributed by atoms with Crippen LogP contribution in [0.4, 0.5) is 13.2 Å². The SMILES string of the molecule is Cn1nc(C(=O)NCc2ccco2)c(Cl)c1C(F)(F)F. The highest BCUT2D eigenvalue weighted by atomic mass is 35.5. The molecule has 0 unspecified atom stereocenters. The molecular formula is C11H9ClF3N3O2. The van der Waals surface area contributed by atoms with Crippen LogP contribution in [0.1, 0.15) is 21.9 Å². The topological polar surface area (TPSA) is 60.1 Å².